The van der Waals surface area contributed by atoms with E-state index in [1.54, 1.807) is 7.11 Å². The van der Waals surface area contributed by atoms with Crippen molar-refractivity contribution in [3.8, 4) is 0 Å². The van der Waals surface area contributed by atoms with Crippen LogP contribution in [0.15, 0.2) is 24.3 Å². The smallest absolute Gasteiger partial charge is 0.383 e. The summed E-state index contributed by atoms with van der Waals surface area (Å²) in [6.07, 6.45) is -4.29. The van der Waals surface area contributed by atoms with Gasteiger partial charge >= 0.3 is 6.18 Å². The van der Waals surface area contributed by atoms with E-state index in [0.29, 0.717) is 19.7 Å². The lowest BCUT2D eigenvalue weighted by Gasteiger charge is -2.21. The van der Waals surface area contributed by atoms with Gasteiger partial charge in [0.25, 0.3) is 0 Å². The Morgan fingerprint density at radius 1 is 1.26 bits per heavy atom. The van der Waals surface area contributed by atoms with E-state index in [2.05, 4.69) is 0 Å². The van der Waals surface area contributed by atoms with Crippen molar-refractivity contribution >= 4 is 0 Å². The Kier molecular flexibility index (Phi) is 5.78. The highest BCUT2D eigenvalue weighted by Gasteiger charge is 2.29. The molecule has 0 aromatic heterocycles. The van der Waals surface area contributed by atoms with Crippen molar-refractivity contribution in [2.75, 3.05) is 27.3 Å². The minimum Gasteiger partial charge on any atom is -0.383 e. The van der Waals surface area contributed by atoms with Crippen LogP contribution < -0.4 is 5.73 Å². The van der Waals surface area contributed by atoms with E-state index in [-0.39, 0.29) is 6.04 Å². The maximum Gasteiger partial charge on any atom is 0.416 e. The highest BCUT2D eigenvalue weighted by Crippen LogP contribution is 2.29. The quantitative estimate of drug-likeness (QED) is 0.865. The monoisotopic (exact) mass is 276 g/mol. The van der Waals surface area contributed by atoms with E-state index in [4.69, 9.17) is 10.5 Å². The van der Waals surface area contributed by atoms with Crippen LogP contribution in [-0.4, -0.2) is 38.3 Å². The molecule has 0 spiro atoms. The zero-order chi connectivity index (χ0) is 14.5. The first kappa shape index (κ1) is 15.9. The number of likely N-dealkylation sites (N-methyl/N-ethyl adjacent to an activating group) is 1. The predicted octanol–water partition coefficient (Wildman–Crippen LogP) is 2.11. The van der Waals surface area contributed by atoms with Crippen LogP contribution in [0.2, 0.25) is 0 Å². The van der Waals surface area contributed by atoms with E-state index in [0.717, 1.165) is 17.7 Å². The molecule has 0 bridgehead atoms. The van der Waals surface area contributed by atoms with Crippen molar-refractivity contribution in [3.05, 3.63) is 35.4 Å². The first-order chi connectivity index (χ1) is 8.82. The van der Waals surface area contributed by atoms with Crippen LogP contribution in [0.1, 0.15) is 11.1 Å². The molecule has 1 aromatic carbocycles. The molecule has 0 saturated heterocycles. The minimum absolute atomic E-state index is 0.107. The summed E-state index contributed by atoms with van der Waals surface area (Å²) < 4.78 is 42.1. The second-order valence-corrected chi connectivity index (χ2v) is 4.61. The number of nitrogens with two attached hydrogens (primary N) is 1. The first-order valence-corrected chi connectivity index (χ1v) is 5.92. The van der Waals surface area contributed by atoms with E-state index in [9.17, 15) is 13.2 Å². The van der Waals surface area contributed by atoms with Crippen LogP contribution in [0.3, 0.4) is 0 Å². The molecule has 0 amide bonds. The van der Waals surface area contributed by atoms with Crippen LogP contribution in [0.5, 0.6) is 0 Å². The number of halogens is 3. The summed E-state index contributed by atoms with van der Waals surface area (Å²) in [7, 11) is 3.45. The summed E-state index contributed by atoms with van der Waals surface area (Å²) in [6, 6.07) is 5.06. The molecule has 2 N–H and O–H groups in total. The van der Waals surface area contributed by atoms with E-state index < -0.39 is 11.7 Å². The van der Waals surface area contributed by atoms with Crippen molar-refractivity contribution in [3.63, 3.8) is 0 Å². The summed E-state index contributed by atoms with van der Waals surface area (Å²) >= 11 is 0. The zero-order valence-corrected chi connectivity index (χ0v) is 11.1. The molecule has 0 saturated carbocycles. The number of rotatable bonds is 6. The fourth-order valence-electron chi connectivity index (χ4n) is 1.84. The summed E-state index contributed by atoms with van der Waals surface area (Å²) in [4.78, 5) is 1.95. The van der Waals surface area contributed by atoms with Crippen molar-refractivity contribution in [2.24, 2.45) is 5.73 Å². The Balaban J connectivity index is 2.53. The van der Waals surface area contributed by atoms with Crippen molar-refractivity contribution in [2.45, 2.75) is 18.8 Å². The molecule has 3 nitrogen and oxygen atoms in total. The number of alkyl halides is 3. The van der Waals surface area contributed by atoms with Gasteiger partial charge < -0.3 is 15.4 Å². The highest BCUT2D eigenvalue weighted by atomic mass is 19.4. The molecule has 1 atom stereocenters. The molecule has 0 aliphatic carbocycles. The molecule has 108 valence electrons. The van der Waals surface area contributed by atoms with Crippen molar-refractivity contribution in [1.82, 2.24) is 4.90 Å². The molecule has 0 radical (unpaired) electrons. The summed E-state index contributed by atoms with van der Waals surface area (Å²) in [6.45, 7) is 1.63. The van der Waals surface area contributed by atoms with Gasteiger partial charge in [0.15, 0.2) is 0 Å². The molecule has 1 rings (SSSR count). The van der Waals surface area contributed by atoms with Crippen molar-refractivity contribution in [1.29, 1.82) is 0 Å². The Bertz CT molecular complexity index is 378. The number of hydrogen-bond acceptors (Lipinski definition) is 3. The molecule has 6 heteroatoms. The Hall–Kier alpha value is -1.11. The average molecular weight is 276 g/mol. The molecule has 1 unspecified atom stereocenters. The Labute approximate surface area is 111 Å². The first-order valence-electron chi connectivity index (χ1n) is 5.92. The van der Waals surface area contributed by atoms with Crippen molar-refractivity contribution < 1.29 is 17.9 Å². The minimum atomic E-state index is -4.29. The molecular formula is C13H19F3N2O. The van der Waals surface area contributed by atoms with E-state index in [1.165, 1.54) is 12.1 Å². The average Bonchev–Trinajstić information content (AvgIpc) is 2.28. The van der Waals surface area contributed by atoms with Gasteiger partial charge in [0, 0.05) is 26.2 Å². The lowest BCUT2D eigenvalue weighted by atomic mass is 10.1. The van der Waals surface area contributed by atoms with Crippen LogP contribution in [-0.2, 0) is 17.5 Å². The standard InChI is InChI=1S/C13H19F3N2O/c1-18(8-12(17)9-19-2)7-10-3-5-11(6-4-10)13(14,15)16/h3-6,12H,7-9,17H2,1-2H3. The summed E-state index contributed by atoms with van der Waals surface area (Å²) in [5.41, 5.74) is 5.99. The third-order valence-corrected chi connectivity index (χ3v) is 2.66. The van der Waals surface area contributed by atoms with E-state index in [1.807, 2.05) is 11.9 Å². The zero-order valence-electron chi connectivity index (χ0n) is 11.1. The Morgan fingerprint density at radius 3 is 2.32 bits per heavy atom. The highest BCUT2D eigenvalue weighted by molar-refractivity contribution is 5.24. The van der Waals surface area contributed by atoms with Gasteiger partial charge in [-0.2, -0.15) is 13.2 Å². The van der Waals surface area contributed by atoms with E-state index >= 15 is 0 Å². The number of nitrogens with zero attached hydrogens (tertiary/aromatic N) is 1. The van der Waals surface area contributed by atoms with Crippen LogP contribution in [0, 0.1) is 0 Å². The van der Waals surface area contributed by atoms with Gasteiger partial charge in [-0.05, 0) is 24.7 Å². The van der Waals surface area contributed by atoms with Gasteiger partial charge in [-0.1, -0.05) is 12.1 Å². The third-order valence-electron chi connectivity index (χ3n) is 2.66. The van der Waals surface area contributed by atoms with Crippen LogP contribution in [0.25, 0.3) is 0 Å². The number of methoxy groups -OCH3 is 1. The van der Waals surface area contributed by atoms with Gasteiger partial charge in [0.1, 0.15) is 0 Å². The fourth-order valence-corrected chi connectivity index (χ4v) is 1.84. The maximum absolute atomic E-state index is 12.4. The topological polar surface area (TPSA) is 38.5 Å². The van der Waals surface area contributed by atoms with Gasteiger partial charge in [0.2, 0.25) is 0 Å². The van der Waals surface area contributed by atoms with Gasteiger partial charge in [-0.15, -0.1) is 0 Å². The normalized spacial score (nSPS) is 13.8. The van der Waals surface area contributed by atoms with Gasteiger partial charge in [-0.25, -0.2) is 0 Å². The molecular weight excluding hydrogens is 257 g/mol. The summed E-state index contributed by atoms with van der Waals surface area (Å²) in [5, 5.41) is 0. The fraction of sp³-hybridized carbons (Fsp3) is 0.538. The molecule has 0 fully saturated rings. The van der Waals surface area contributed by atoms with Crippen LogP contribution >= 0.6 is 0 Å². The lowest BCUT2D eigenvalue weighted by molar-refractivity contribution is -0.137. The van der Waals surface area contributed by atoms with Gasteiger partial charge in [0.05, 0.1) is 12.2 Å². The summed E-state index contributed by atoms with van der Waals surface area (Å²) in [5.74, 6) is 0. The van der Waals surface area contributed by atoms with Crippen LogP contribution in [0.4, 0.5) is 13.2 Å². The lowest BCUT2D eigenvalue weighted by Crippen LogP contribution is -2.38. The molecule has 19 heavy (non-hydrogen) atoms. The maximum atomic E-state index is 12.4. The number of benzene rings is 1. The molecule has 0 aliphatic rings. The second-order valence-electron chi connectivity index (χ2n) is 4.61. The molecule has 0 heterocycles. The number of hydrogen-bond donors (Lipinski definition) is 1. The van der Waals surface area contributed by atoms with Gasteiger partial charge in [-0.3, -0.25) is 0 Å². The second kappa shape index (κ2) is 6.88. The third kappa shape index (κ3) is 5.59. The molecule has 1 aromatic rings. The molecule has 0 aliphatic heterocycles. The predicted molar refractivity (Wildman–Crippen MR) is 67.6 cm³/mol. The number of ether oxygens (including phenoxy) is 1. The largest absolute Gasteiger partial charge is 0.416 e. The Morgan fingerprint density at radius 2 is 1.84 bits per heavy atom. The SMILES string of the molecule is COCC(N)CN(C)Cc1ccc(C(F)(F)F)cc1.